The summed E-state index contributed by atoms with van der Waals surface area (Å²) in [6.45, 7) is -0.329. The first kappa shape index (κ1) is 19.4. The third kappa shape index (κ3) is 5.31. The van der Waals surface area contributed by atoms with Gasteiger partial charge in [0.25, 0.3) is 11.8 Å². The number of para-hydroxylation sites is 1. The molecule has 0 unspecified atom stereocenters. The van der Waals surface area contributed by atoms with Crippen LogP contribution in [0.1, 0.15) is 10.4 Å². The van der Waals surface area contributed by atoms with E-state index in [1.54, 1.807) is 30.3 Å². The summed E-state index contributed by atoms with van der Waals surface area (Å²) in [5.74, 6) is -1.05. The number of carbonyl (C=O) groups excluding carboxylic acids is 2. The summed E-state index contributed by atoms with van der Waals surface area (Å²) >= 11 is 6.00. The van der Waals surface area contributed by atoms with Crippen LogP contribution in [-0.4, -0.2) is 18.4 Å². The van der Waals surface area contributed by atoms with Crippen LogP contribution in [0.15, 0.2) is 72.8 Å². The highest BCUT2D eigenvalue weighted by Crippen LogP contribution is 2.24. The summed E-state index contributed by atoms with van der Waals surface area (Å²) in [4.78, 5) is 24.6. The Kier molecular flexibility index (Phi) is 6.24. The third-order valence-corrected chi connectivity index (χ3v) is 3.94. The minimum Gasteiger partial charge on any atom is -0.483 e. The molecule has 0 aliphatic heterocycles. The number of ether oxygens (including phenoxy) is 1. The Morgan fingerprint density at radius 1 is 0.893 bits per heavy atom. The van der Waals surface area contributed by atoms with E-state index in [4.69, 9.17) is 16.3 Å². The van der Waals surface area contributed by atoms with Crippen molar-refractivity contribution in [2.24, 2.45) is 0 Å². The fourth-order valence-electron chi connectivity index (χ4n) is 2.40. The first-order valence-electron chi connectivity index (χ1n) is 8.35. The number of anilines is 2. The Bertz CT molecular complexity index is 979. The number of carbonyl (C=O) groups is 2. The fraction of sp³-hybridized carbons (Fsp3) is 0.0476. The molecule has 3 rings (SSSR count). The zero-order valence-electron chi connectivity index (χ0n) is 14.6. The monoisotopic (exact) mass is 398 g/mol. The van der Waals surface area contributed by atoms with Gasteiger partial charge in [-0.15, -0.1) is 0 Å². The van der Waals surface area contributed by atoms with Gasteiger partial charge in [-0.3, -0.25) is 9.59 Å². The van der Waals surface area contributed by atoms with E-state index in [1.165, 1.54) is 36.4 Å². The maximum Gasteiger partial charge on any atom is 0.262 e. The topological polar surface area (TPSA) is 67.4 Å². The van der Waals surface area contributed by atoms with E-state index in [-0.39, 0.29) is 17.9 Å². The van der Waals surface area contributed by atoms with Crippen LogP contribution in [0, 0.1) is 5.82 Å². The van der Waals surface area contributed by atoms with Crippen molar-refractivity contribution in [2.45, 2.75) is 0 Å². The highest BCUT2D eigenvalue weighted by Gasteiger charge is 2.15. The third-order valence-electron chi connectivity index (χ3n) is 3.70. The standard InChI is InChI=1S/C21H16ClFN2O3/c22-14-6-11-19(18(12-14)21(27)25-16-4-2-1-3-5-16)28-13-20(26)24-17-9-7-15(23)8-10-17/h1-12H,13H2,(H,24,26)(H,25,27). The lowest BCUT2D eigenvalue weighted by molar-refractivity contribution is -0.118. The minimum atomic E-state index is -0.448. The van der Waals surface area contributed by atoms with Crippen molar-refractivity contribution >= 4 is 34.8 Å². The summed E-state index contributed by atoms with van der Waals surface area (Å²) < 4.78 is 18.4. The van der Waals surface area contributed by atoms with Crippen LogP contribution < -0.4 is 15.4 Å². The van der Waals surface area contributed by atoms with Gasteiger partial charge in [0.1, 0.15) is 11.6 Å². The van der Waals surface area contributed by atoms with Gasteiger partial charge in [-0.25, -0.2) is 4.39 Å². The number of amides is 2. The molecule has 5 nitrogen and oxygen atoms in total. The van der Waals surface area contributed by atoms with Crippen molar-refractivity contribution in [3.05, 3.63) is 89.2 Å². The molecule has 0 heterocycles. The maximum atomic E-state index is 12.9. The first-order valence-corrected chi connectivity index (χ1v) is 8.73. The van der Waals surface area contributed by atoms with Crippen LogP contribution in [0.4, 0.5) is 15.8 Å². The molecule has 28 heavy (non-hydrogen) atoms. The Hall–Kier alpha value is -3.38. The molecule has 2 amide bonds. The average Bonchev–Trinajstić information content (AvgIpc) is 2.69. The van der Waals surface area contributed by atoms with Gasteiger partial charge in [0.05, 0.1) is 5.56 Å². The summed E-state index contributed by atoms with van der Waals surface area (Å²) in [7, 11) is 0. The van der Waals surface area contributed by atoms with E-state index in [0.29, 0.717) is 16.4 Å². The second-order valence-corrected chi connectivity index (χ2v) is 6.24. The van der Waals surface area contributed by atoms with Gasteiger partial charge in [0, 0.05) is 16.4 Å². The highest BCUT2D eigenvalue weighted by atomic mass is 35.5. The van der Waals surface area contributed by atoms with Crippen LogP contribution >= 0.6 is 11.6 Å². The lowest BCUT2D eigenvalue weighted by Crippen LogP contribution is -2.21. The van der Waals surface area contributed by atoms with E-state index in [1.807, 2.05) is 6.07 Å². The molecule has 0 aliphatic carbocycles. The smallest absolute Gasteiger partial charge is 0.262 e. The quantitative estimate of drug-likeness (QED) is 0.629. The lowest BCUT2D eigenvalue weighted by Gasteiger charge is -2.12. The molecule has 2 N–H and O–H groups in total. The molecule has 0 atom stereocenters. The van der Waals surface area contributed by atoms with Crippen LogP contribution in [0.3, 0.4) is 0 Å². The van der Waals surface area contributed by atoms with E-state index < -0.39 is 17.6 Å². The molecule has 0 fully saturated rings. The molecule has 142 valence electrons. The van der Waals surface area contributed by atoms with Gasteiger partial charge in [-0.05, 0) is 54.6 Å². The molecule has 0 bridgehead atoms. The molecule has 0 saturated heterocycles. The van der Waals surface area contributed by atoms with Crippen molar-refractivity contribution in [1.82, 2.24) is 0 Å². The molecular weight excluding hydrogens is 383 g/mol. The molecule has 7 heteroatoms. The minimum absolute atomic E-state index is 0.200. The van der Waals surface area contributed by atoms with Gasteiger partial charge in [0.2, 0.25) is 0 Å². The van der Waals surface area contributed by atoms with Gasteiger partial charge < -0.3 is 15.4 Å². The Morgan fingerprint density at radius 2 is 1.57 bits per heavy atom. The normalized spacial score (nSPS) is 10.2. The number of benzene rings is 3. The van der Waals surface area contributed by atoms with E-state index in [9.17, 15) is 14.0 Å². The zero-order valence-corrected chi connectivity index (χ0v) is 15.4. The summed E-state index contributed by atoms with van der Waals surface area (Å²) in [6, 6.07) is 18.8. The van der Waals surface area contributed by atoms with Crippen molar-refractivity contribution < 1.29 is 18.7 Å². The molecule has 3 aromatic carbocycles. The molecule has 0 radical (unpaired) electrons. The average molecular weight is 399 g/mol. The Labute approximate surface area is 166 Å². The number of halogens is 2. The molecule has 3 aromatic rings. The van der Waals surface area contributed by atoms with E-state index in [2.05, 4.69) is 10.6 Å². The number of rotatable bonds is 6. The molecule has 0 saturated carbocycles. The van der Waals surface area contributed by atoms with Crippen LogP contribution in [0.25, 0.3) is 0 Å². The highest BCUT2D eigenvalue weighted by molar-refractivity contribution is 6.31. The predicted molar refractivity (Wildman–Crippen MR) is 106 cm³/mol. The predicted octanol–water partition coefficient (Wildman–Crippen LogP) is 4.75. The Balaban J connectivity index is 1.67. The lowest BCUT2D eigenvalue weighted by atomic mass is 10.2. The Morgan fingerprint density at radius 3 is 2.29 bits per heavy atom. The maximum absolute atomic E-state index is 12.9. The van der Waals surface area contributed by atoms with Gasteiger partial charge in [-0.2, -0.15) is 0 Å². The van der Waals surface area contributed by atoms with Crippen molar-refractivity contribution in [2.75, 3.05) is 17.2 Å². The second kappa shape index (κ2) is 9.01. The SMILES string of the molecule is O=C(COc1ccc(Cl)cc1C(=O)Nc1ccccc1)Nc1ccc(F)cc1. The summed E-state index contributed by atoms with van der Waals surface area (Å²) in [5, 5.41) is 5.69. The molecule has 0 spiro atoms. The number of hydrogen-bond acceptors (Lipinski definition) is 3. The van der Waals surface area contributed by atoms with Crippen molar-refractivity contribution in [1.29, 1.82) is 0 Å². The number of nitrogens with one attached hydrogen (secondary N) is 2. The summed E-state index contributed by atoms with van der Waals surface area (Å²) in [6.07, 6.45) is 0. The van der Waals surface area contributed by atoms with Crippen LogP contribution in [0.2, 0.25) is 5.02 Å². The van der Waals surface area contributed by atoms with Crippen molar-refractivity contribution in [3.8, 4) is 5.75 Å². The largest absolute Gasteiger partial charge is 0.483 e. The van der Waals surface area contributed by atoms with Crippen molar-refractivity contribution in [3.63, 3.8) is 0 Å². The fourth-order valence-corrected chi connectivity index (χ4v) is 2.57. The molecule has 0 aromatic heterocycles. The van der Waals surface area contributed by atoms with Gasteiger partial charge in [-0.1, -0.05) is 29.8 Å². The van der Waals surface area contributed by atoms with Crippen LogP contribution in [-0.2, 0) is 4.79 Å². The first-order chi connectivity index (χ1) is 13.5. The van der Waals surface area contributed by atoms with E-state index >= 15 is 0 Å². The van der Waals surface area contributed by atoms with Crippen LogP contribution in [0.5, 0.6) is 5.75 Å². The zero-order chi connectivity index (χ0) is 19.9. The van der Waals surface area contributed by atoms with Gasteiger partial charge in [0.15, 0.2) is 6.61 Å². The molecular formula is C21H16ClFN2O3. The van der Waals surface area contributed by atoms with E-state index in [0.717, 1.165) is 0 Å². The molecule has 0 aliphatic rings. The van der Waals surface area contributed by atoms with Gasteiger partial charge >= 0.3 is 0 Å². The summed E-state index contributed by atoms with van der Waals surface area (Å²) in [5.41, 5.74) is 1.26. The number of hydrogen-bond donors (Lipinski definition) is 2. The second-order valence-electron chi connectivity index (χ2n) is 5.80.